The summed E-state index contributed by atoms with van der Waals surface area (Å²) in [4.78, 5) is 27.2. The largest absolute Gasteiger partial charge is 0.368 e. The van der Waals surface area contributed by atoms with Crippen molar-refractivity contribution in [3.8, 4) is 0 Å². The van der Waals surface area contributed by atoms with E-state index in [2.05, 4.69) is 31.6 Å². The lowest BCUT2D eigenvalue weighted by Crippen LogP contribution is -2.28. The number of nitro benzene ring substituents is 2. The second-order valence-corrected chi connectivity index (χ2v) is 8.44. The molecule has 174 valence electrons. The van der Waals surface area contributed by atoms with Crippen LogP contribution in [0, 0.1) is 20.2 Å². The van der Waals surface area contributed by atoms with Crippen molar-refractivity contribution in [3.05, 3.63) is 75.3 Å². The first-order valence-corrected chi connectivity index (χ1v) is 11.2. The van der Waals surface area contributed by atoms with Gasteiger partial charge in [0.05, 0.1) is 45.4 Å². The predicted molar refractivity (Wildman–Crippen MR) is 127 cm³/mol. The van der Waals surface area contributed by atoms with Crippen LogP contribution in [0.2, 0.25) is 0 Å². The van der Waals surface area contributed by atoms with Crippen LogP contribution < -0.4 is 9.47 Å². The van der Waals surface area contributed by atoms with Gasteiger partial charge in [-0.3, -0.25) is 20.2 Å². The van der Waals surface area contributed by atoms with Crippen molar-refractivity contribution in [2.75, 3.05) is 18.0 Å². The Hall–Kier alpha value is -4.26. The van der Waals surface area contributed by atoms with Crippen molar-refractivity contribution >= 4 is 49.4 Å². The number of rotatable bonds is 9. The molecule has 0 spiro atoms. The molecule has 0 N–H and O–H groups in total. The molecular weight excluding hydrogens is 460 g/mol. The van der Waals surface area contributed by atoms with Crippen LogP contribution in [-0.4, -0.2) is 32.5 Å². The van der Waals surface area contributed by atoms with Crippen molar-refractivity contribution in [2.45, 2.75) is 13.5 Å². The molecule has 4 rings (SSSR count). The smallest absolute Gasteiger partial charge is 0.348 e. The van der Waals surface area contributed by atoms with E-state index < -0.39 is 21.2 Å². The van der Waals surface area contributed by atoms with Crippen molar-refractivity contribution in [1.82, 2.24) is 9.55 Å². The van der Waals surface area contributed by atoms with E-state index in [0.717, 1.165) is 48.8 Å². The van der Waals surface area contributed by atoms with Crippen molar-refractivity contribution in [2.24, 2.45) is 17.3 Å². The molecule has 2 aromatic carbocycles. The number of thiazole rings is 1. The van der Waals surface area contributed by atoms with Gasteiger partial charge in [0, 0.05) is 18.3 Å². The Bertz CT molecular complexity index is 1330. The average Bonchev–Trinajstić information content (AvgIpc) is 3.42. The molecule has 0 aliphatic carbocycles. The summed E-state index contributed by atoms with van der Waals surface area (Å²) >= 11 is 1.08. The van der Waals surface area contributed by atoms with Crippen LogP contribution in [0.5, 0.6) is 0 Å². The number of anilines is 1. The van der Waals surface area contributed by atoms with E-state index >= 15 is 0 Å². The van der Waals surface area contributed by atoms with Gasteiger partial charge in [-0.2, -0.15) is 0 Å². The van der Waals surface area contributed by atoms with Crippen LogP contribution in [0.25, 0.3) is 10.2 Å². The summed E-state index contributed by atoms with van der Waals surface area (Å²) in [5, 5.41) is 30.8. The van der Waals surface area contributed by atoms with E-state index in [9.17, 15) is 20.2 Å². The molecule has 0 saturated heterocycles. The molecule has 2 aromatic heterocycles. The highest BCUT2D eigenvalue weighted by atomic mass is 32.1. The van der Waals surface area contributed by atoms with Crippen LogP contribution in [0.3, 0.4) is 0 Å². The normalized spacial score (nSPS) is 11.4. The molecule has 0 atom stereocenters. The van der Waals surface area contributed by atoms with Crippen LogP contribution in [-0.2, 0) is 13.6 Å². The summed E-state index contributed by atoms with van der Waals surface area (Å²) in [5.74, 6) is 0. The van der Waals surface area contributed by atoms with Crippen molar-refractivity contribution in [1.29, 1.82) is 0 Å². The van der Waals surface area contributed by atoms with E-state index in [1.54, 1.807) is 0 Å². The zero-order valence-electron chi connectivity index (χ0n) is 18.4. The molecule has 12 nitrogen and oxygen atoms in total. The van der Waals surface area contributed by atoms with Gasteiger partial charge in [-0.25, -0.2) is 14.1 Å². The summed E-state index contributed by atoms with van der Waals surface area (Å²) in [5.41, 5.74) is 0.770. The lowest BCUT2D eigenvalue weighted by Gasteiger charge is -2.22. The van der Waals surface area contributed by atoms with E-state index in [1.165, 1.54) is 0 Å². The first kappa shape index (κ1) is 22.9. The molecule has 13 heteroatoms. The van der Waals surface area contributed by atoms with Gasteiger partial charge in [0.25, 0.3) is 0 Å². The number of azo groups is 1. The molecule has 0 saturated carbocycles. The molecule has 2 heterocycles. The number of hydrogen-bond acceptors (Lipinski definition) is 9. The van der Waals surface area contributed by atoms with Gasteiger partial charge in [-0.15, -0.1) is 10.2 Å². The molecule has 0 fully saturated rings. The number of imidazole rings is 1. The molecule has 0 aliphatic rings. The lowest BCUT2D eigenvalue weighted by atomic mass is 10.2. The third kappa shape index (κ3) is 5.04. The second kappa shape index (κ2) is 9.70. The molecule has 34 heavy (non-hydrogen) atoms. The number of nitrogens with zero attached hydrogens (tertiary/aromatic N) is 8. The number of nitro groups is 2. The highest BCUT2D eigenvalue weighted by Crippen LogP contribution is 2.37. The van der Waals surface area contributed by atoms with Crippen molar-refractivity contribution < 1.29 is 14.4 Å². The zero-order valence-corrected chi connectivity index (χ0v) is 19.3. The topological polar surface area (TPSA) is 136 Å². The fourth-order valence-electron chi connectivity index (χ4n) is 3.45. The van der Waals surface area contributed by atoms with E-state index in [4.69, 9.17) is 0 Å². The lowest BCUT2D eigenvalue weighted by molar-refractivity contribution is -0.671. The highest BCUT2D eigenvalue weighted by molar-refractivity contribution is 7.22. The Morgan fingerprint density at radius 3 is 2.44 bits per heavy atom. The third-order valence-corrected chi connectivity index (χ3v) is 6.07. The second-order valence-electron chi connectivity index (χ2n) is 7.43. The summed E-state index contributed by atoms with van der Waals surface area (Å²) in [7, 11) is 1.99. The molecule has 0 aliphatic heterocycles. The quantitative estimate of drug-likeness (QED) is 0.147. The molecule has 0 amide bonds. The summed E-state index contributed by atoms with van der Waals surface area (Å²) in [6.45, 7) is 4.68. The number of hydrogen-bond donors (Lipinski definition) is 0. The Morgan fingerprint density at radius 1 is 1.12 bits per heavy atom. The van der Waals surface area contributed by atoms with Crippen LogP contribution in [0.4, 0.5) is 27.9 Å². The van der Waals surface area contributed by atoms with Gasteiger partial charge < -0.3 is 4.90 Å². The standard InChI is InChI=1S/C21H21N8O4S/c1-3-27(11-10-26-9-8-25(2)14-26)16-6-4-15(5-7-16)23-24-21-22-17-12-18(28(30)31)19(29(32)33)13-20(17)34-21/h4-9,12-14H,3,10-11H2,1-2H3/q+1. The minimum Gasteiger partial charge on any atom is -0.368 e. The van der Waals surface area contributed by atoms with Crippen LogP contribution >= 0.6 is 11.3 Å². The van der Waals surface area contributed by atoms with Gasteiger partial charge in [-0.1, -0.05) is 11.3 Å². The molecule has 0 bridgehead atoms. The van der Waals surface area contributed by atoms with E-state index in [0.29, 0.717) is 10.4 Å². The first-order chi connectivity index (χ1) is 16.3. The molecule has 0 unspecified atom stereocenters. The molecule has 4 aromatic rings. The number of aryl methyl sites for hydroxylation is 1. The van der Waals surface area contributed by atoms with Gasteiger partial charge in [-0.05, 0) is 31.2 Å². The van der Waals surface area contributed by atoms with Gasteiger partial charge in [0.2, 0.25) is 11.5 Å². The number of aromatic nitrogens is 3. The first-order valence-electron chi connectivity index (χ1n) is 10.3. The van der Waals surface area contributed by atoms with E-state index in [1.807, 2.05) is 54.6 Å². The minimum atomic E-state index is -0.794. The Balaban J connectivity index is 1.48. The summed E-state index contributed by atoms with van der Waals surface area (Å²) in [6, 6.07) is 9.87. The Morgan fingerprint density at radius 2 is 1.82 bits per heavy atom. The van der Waals surface area contributed by atoms with Crippen LogP contribution in [0.1, 0.15) is 6.92 Å². The molecular formula is C21H21N8O4S+. The maximum Gasteiger partial charge on any atom is 0.348 e. The van der Waals surface area contributed by atoms with Crippen molar-refractivity contribution in [3.63, 3.8) is 0 Å². The SMILES string of the molecule is CCN(CCn1cc[n+](C)c1)c1ccc(N=Nc2nc3cc([N+](=O)[O-])c([N+](=O)[O-])cc3s2)cc1. The average molecular weight is 482 g/mol. The maximum atomic E-state index is 11.1. The third-order valence-electron chi connectivity index (χ3n) is 5.17. The van der Waals surface area contributed by atoms with Gasteiger partial charge in [0.1, 0.15) is 18.9 Å². The molecule has 0 radical (unpaired) electrons. The van der Waals surface area contributed by atoms with Crippen LogP contribution in [0.15, 0.2) is 65.3 Å². The fraction of sp³-hybridized carbons (Fsp3) is 0.238. The predicted octanol–water partition coefficient (Wildman–Crippen LogP) is 4.68. The monoisotopic (exact) mass is 481 g/mol. The van der Waals surface area contributed by atoms with Gasteiger partial charge in [0.15, 0.2) is 0 Å². The summed E-state index contributed by atoms with van der Waals surface area (Å²) in [6.07, 6.45) is 6.08. The van der Waals surface area contributed by atoms with Gasteiger partial charge >= 0.3 is 11.4 Å². The zero-order chi connectivity index (χ0) is 24.2. The Labute approximate surface area is 197 Å². The number of fused-ring (bicyclic) bond motifs is 1. The summed E-state index contributed by atoms with van der Waals surface area (Å²) < 4.78 is 4.56. The fourth-order valence-corrected chi connectivity index (χ4v) is 4.25. The maximum absolute atomic E-state index is 11.1. The number of benzene rings is 2. The highest BCUT2D eigenvalue weighted by Gasteiger charge is 2.26. The minimum absolute atomic E-state index is 0.254. The number of likely N-dealkylation sites (N-methyl/N-ethyl adjacent to an activating group) is 1. The Kier molecular flexibility index (Phi) is 6.54. The van der Waals surface area contributed by atoms with E-state index in [-0.39, 0.29) is 10.6 Å².